The van der Waals surface area contributed by atoms with E-state index < -0.39 is 0 Å². The topological polar surface area (TPSA) is 72.2 Å². The van der Waals surface area contributed by atoms with Crippen molar-refractivity contribution < 1.29 is 9.59 Å². The van der Waals surface area contributed by atoms with Crippen molar-refractivity contribution in [1.82, 2.24) is 5.32 Å². The fraction of sp³-hybridized carbons (Fsp3) is 0.733. The van der Waals surface area contributed by atoms with Gasteiger partial charge in [0.05, 0.1) is 0 Å². The number of hydrogen-bond donors (Lipinski definition) is 2. The van der Waals surface area contributed by atoms with Gasteiger partial charge in [-0.2, -0.15) is 0 Å². The molecule has 2 fully saturated rings. The zero-order valence-corrected chi connectivity index (χ0v) is 11.5. The molecule has 0 aromatic rings. The minimum Gasteiger partial charge on any atom is -0.370 e. The van der Waals surface area contributed by atoms with Crippen LogP contribution in [0.3, 0.4) is 0 Å². The van der Waals surface area contributed by atoms with Crippen LogP contribution in [0.5, 0.6) is 0 Å². The summed E-state index contributed by atoms with van der Waals surface area (Å²) in [6.45, 7) is 0.950. The third-order valence-electron chi connectivity index (χ3n) is 3.88. The Bertz CT molecular complexity index is 350. The summed E-state index contributed by atoms with van der Waals surface area (Å²) in [5.41, 5.74) is 5.11. The molecule has 4 heteroatoms. The molecule has 1 aliphatic carbocycles. The van der Waals surface area contributed by atoms with Gasteiger partial charge in [-0.15, -0.1) is 12.3 Å². The molecule has 2 rings (SSSR count). The van der Waals surface area contributed by atoms with E-state index in [0.29, 0.717) is 18.3 Å². The average molecular weight is 264 g/mol. The maximum atomic E-state index is 11.1. The van der Waals surface area contributed by atoms with E-state index in [1.54, 1.807) is 0 Å². The number of terminal acetylenes is 1. The van der Waals surface area contributed by atoms with Crippen LogP contribution in [0.25, 0.3) is 0 Å². The van der Waals surface area contributed by atoms with E-state index in [-0.39, 0.29) is 11.8 Å². The molecular weight excluding hydrogens is 240 g/mol. The Morgan fingerprint density at radius 3 is 2.32 bits per heavy atom. The molecule has 1 spiro atoms. The van der Waals surface area contributed by atoms with E-state index in [9.17, 15) is 9.59 Å². The van der Waals surface area contributed by atoms with Gasteiger partial charge in [-0.1, -0.05) is 25.7 Å². The lowest BCUT2D eigenvalue weighted by Crippen LogP contribution is -2.23. The second kappa shape index (κ2) is 7.83. The van der Waals surface area contributed by atoms with Crippen molar-refractivity contribution in [3.05, 3.63) is 0 Å². The molecule has 0 aromatic carbocycles. The maximum absolute atomic E-state index is 11.1. The fourth-order valence-electron chi connectivity index (χ4n) is 2.78. The lowest BCUT2D eigenvalue weighted by Gasteiger charge is -2.24. The maximum Gasteiger partial charge on any atom is 0.220 e. The van der Waals surface area contributed by atoms with Crippen LogP contribution in [-0.4, -0.2) is 18.4 Å². The molecule has 0 bridgehead atoms. The number of nitrogens with two attached hydrogens (primary N) is 1. The van der Waals surface area contributed by atoms with Crippen LogP contribution in [0.15, 0.2) is 0 Å². The van der Waals surface area contributed by atoms with Crippen molar-refractivity contribution in [3.63, 3.8) is 0 Å². The van der Waals surface area contributed by atoms with Crippen molar-refractivity contribution in [2.45, 2.75) is 57.8 Å². The number of carbonyl (C=O) groups is 2. The SMILES string of the molecule is C#CCCC(N)=O.O=C1CC2(CCCCCC2)CN1. The smallest absolute Gasteiger partial charge is 0.220 e. The Balaban J connectivity index is 0.000000224. The summed E-state index contributed by atoms with van der Waals surface area (Å²) in [6, 6.07) is 0. The molecule has 2 aliphatic rings. The normalized spacial score (nSPS) is 20.7. The largest absolute Gasteiger partial charge is 0.370 e. The molecule has 1 saturated carbocycles. The third-order valence-corrected chi connectivity index (χ3v) is 3.88. The van der Waals surface area contributed by atoms with Gasteiger partial charge in [0.1, 0.15) is 0 Å². The summed E-state index contributed by atoms with van der Waals surface area (Å²) < 4.78 is 0. The Hall–Kier alpha value is -1.50. The van der Waals surface area contributed by atoms with Crippen LogP contribution < -0.4 is 11.1 Å². The molecule has 4 nitrogen and oxygen atoms in total. The van der Waals surface area contributed by atoms with Crippen molar-refractivity contribution in [2.24, 2.45) is 11.1 Å². The monoisotopic (exact) mass is 264 g/mol. The molecule has 0 radical (unpaired) electrons. The highest BCUT2D eigenvalue weighted by atomic mass is 16.2. The Morgan fingerprint density at radius 1 is 1.32 bits per heavy atom. The first-order valence-corrected chi connectivity index (χ1v) is 7.06. The predicted molar refractivity (Wildman–Crippen MR) is 75.0 cm³/mol. The van der Waals surface area contributed by atoms with Gasteiger partial charge < -0.3 is 11.1 Å². The van der Waals surface area contributed by atoms with E-state index >= 15 is 0 Å². The van der Waals surface area contributed by atoms with Gasteiger partial charge in [-0.3, -0.25) is 9.59 Å². The summed E-state index contributed by atoms with van der Waals surface area (Å²) in [7, 11) is 0. The number of hydrogen-bond acceptors (Lipinski definition) is 2. The standard InChI is InChI=1S/C10H17NO.C5H7NO/c12-9-7-10(8-11-9)5-3-1-2-4-6-10;1-2-3-4-5(6)7/h1-8H2,(H,11,12);1H,3-4H2,(H2,6,7). The summed E-state index contributed by atoms with van der Waals surface area (Å²) in [5.74, 6) is 2.24. The summed E-state index contributed by atoms with van der Waals surface area (Å²) in [4.78, 5) is 21.0. The van der Waals surface area contributed by atoms with Gasteiger partial charge in [0, 0.05) is 25.8 Å². The Labute approximate surface area is 115 Å². The van der Waals surface area contributed by atoms with Crippen LogP contribution in [0.2, 0.25) is 0 Å². The molecule has 19 heavy (non-hydrogen) atoms. The van der Waals surface area contributed by atoms with Gasteiger partial charge in [-0.05, 0) is 18.3 Å². The van der Waals surface area contributed by atoms with Crippen LogP contribution in [-0.2, 0) is 9.59 Å². The number of amides is 2. The quantitative estimate of drug-likeness (QED) is 0.746. The van der Waals surface area contributed by atoms with E-state index in [1.165, 1.54) is 38.5 Å². The number of carbonyl (C=O) groups excluding carboxylic acids is 2. The molecule has 2 amide bonds. The molecule has 106 valence electrons. The summed E-state index contributed by atoms with van der Waals surface area (Å²) in [5, 5.41) is 2.97. The average Bonchev–Trinajstić information content (AvgIpc) is 2.60. The number of nitrogens with one attached hydrogen (secondary N) is 1. The van der Waals surface area contributed by atoms with Gasteiger partial charge in [-0.25, -0.2) is 0 Å². The highest BCUT2D eigenvalue weighted by molar-refractivity contribution is 5.79. The van der Waals surface area contributed by atoms with Crippen LogP contribution >= 0.6 is 0 Å². The predicted octanol–water partition coefficient (Wildman–Crippen LogP) is 1.73. The third kappa shape index (κ3) is 5.78. The zero-order chi connectivity index (χ0) is 14.1. The first kappa shape index (κ1) is 15.6. The van der Waals surface area contributed by atoms with Gasteiger partial charge >= 0.3 is 0 Å². The first-order valence-electron chi connectivity index (χ1n) is 7.06. The van der Waals surface area contributed by atoms with Crippen LogP contribution in [0.4, 0.5) is 0 Å². The highest BCUT2D eigenvalue weighted by Crippen LogP contribution is 2.39. The van der Waals surface area contributed by atoms with Crippen molar-refractivity contribution in [2.75, 3.05) is 6.54 Å². The molecule has 0 atom stereocenters. The minimum absolute atomic E-state index is 0.275. The first-order chi connectivity index (χ1) is 9.08. The molecule has 3 N–H and O–H groups in total. The van der Waals surface area contributed by atoms with E-state index in [1.807, 2.05) is 0 Å². The van der Waals surface area contributed by atoms with Crippen LogP contribution in [0.1, 0.15) is 57.8 Å². The molecule has 0 unspecified atom stereocenters. The van der Waals surface area contributed by atoms with E-state index in [0.717, 1.165) is 13.0 Å². The van der Waals surface area contributed by atoms with E-state index in [2.05, 4.69) is 11.2 Å². The summed E-state index contributed by atoms with van der Waals surface area (Å²) in [6.07, 6.45) is 14.3. The van der Waals surface area contributed by atoms with E-state index in [4.69, 9.17) is 12.2 Å². The molecular formula is C15H24N2O2. The second-order valence-corrected chi connectivity index (χ2v) is 5.54. The van der Waals surface area contributed by atoms with Crippen molar-refractivity contribution in [3.8, 4) is 12.3 Å². The lowest BCUT2D eigenvalue weighted by molar-refractivity contribution is -0.120. The Morgan fingerprint density at radius 2 is 1.95 bits per heavy atom. The van der Waals surface area contributed by atoms with Crippen molar-refractivity contribution >= 4 is 11.8 Å². The molecule has 0 aromatic heterocycles. The molecule has 1 saturated heterocycles. The van der Waals surface area contributed by atoms with Gasteiger partial charge in [0.15, 0.2) is 0 Å². The fourth-order valence-corrected chi connectivity index (χ4v) is 2.78. The highest BCUT2D eigenvalue weighted by Gasteiger charge is 2.37. The number of rotatable bonds is 2. The molecule has 1 aliphatic heterocycles. The summed E-state index contributed by atoms with van der Waals surface area (Å²) >= 11 is 0. The van der Waals surface area contributed by atoms with Gasteiger partial charge in [0.2, 0.25) is 11.8 Å². The minimum atomic E-state index is -0.335. The lowest BCUT2D eigenvalue weighted by atomic mass is 9.80. The Kier molecular flexibility index (Phi) is 6.41. The number of primary amides is 1. The van der Waals surface area contributed by atoms with Crippen molar-refractivity contribution in [1.29, 1.82) is 0 Å². The van der Waals surface area contributed by atoms with Crippen LogP contribution in [0, 0.1) is 17.8 Å². The van der Waals surface area contributed by atoms with Gasteiger partial charge in [0.25, 0.3) is 0 Å². The molecule has 1 heterocycles. The second-order valence-electron chi connectivity index (χ2n) is 5.54. The zero-order valence-electron chi connectivity index (χ0n) is 11.5.